The van der Waals surface area contributed by atoms with E-state index in [1.807, 2.05) is 31.3 Å². The van der Waals surface area contributed by atoms with Crippen molar-refractivity contribution in [1.29, 1.82) is 0 Å². The van der Waals surface area contributed by atoms with Gasteiger partial charge < -0.3 is 73.1 Å². The van der Waals surface area contributed by atoms with E-state index in [0.717, 1.165) is 34.3 Å². The summed E-state index contributed by atoms with van der Waals surface area (Å²) in [4.78, 5) is 139. The van der Waals surface area contributed by atoms with Crippen molar-refractivity contribution in [3.63, 3.8) is 0 Å². The van der Waals surface area contributed by atoms with Crippen molar-refractivity contribution < 1.29 is 52.7 Å². The molecule has 0 bridgehead atoms. The molecule has 1 saturated carbocycles. The maximum absolute atomic E-state index is 14.5. The number of nitrogens with two attached hydrogens (primary N) is 2. The first kappa shape index (κ1) is 59.5. The number of piperazine rings is 1. The van der Waals surface area contributed by atoms with Gasteiger partial charge in [-0.15, -0.1) is 11.6 Å². The molecule has 442 valence electrons. The fourth-order valence-corrected chi connectivity index (χ4v) is 11.1. The number of likely N-dealkylation sites (N-methyl/N-ethyl adjacent to an activating group) is 1. The lowest BCUT2D eigenvalue weighted by Crippen LogP contribution is -2.55. The number of ether oxygens (including phenoxy) is 1. The Bertz CT molecular complexity index is 3400. The van der Waals surface area contributed by atoms with E-state index < -0.39 is 59.3 Å². The predicted molar refractivity (Wildman–Crippen MR) is 313 cm³/mol. The molecule has 0 radical (unpaired) electrons. The second kappa shape index (κ2) is 26.4. The Morgan fingerprint density at radius 1 is 0.786 bits per heavy atom. The van der Waals surface area contributed by atoms with Crippen LogP contribution in [0.25, 0.3) is 21.7 Å². The number of hydrogen-bond donors (Lipinski definition) is 10. The number of halogens is 1. The molecule has 4 aromatic carbocycles. The fraction of sp³-hybridized carbons (Fsp3) is 0.379. The quantitative estimate of drug-likeness (QED) is 0.0241. The van der Waals surface area contributed by atoms with Crippen molar-refractivity contribution in [2.24, 2.45) is 17.4 Å². The average molecular weight is 1170 g/mol. The second-order valence-corrected chi connectivity index (χ2v) is 21.5. The number of hydrogen-bond acceptors (Lipinski definition) is 13. The highest BCUT2D eigenvalue weighted by molar-refractivity contribution is 6.19. The number of amides is 12. The maximum atomic E-state index is 14.5. The minimum Gasteiger partial charge on any atom is -0.409 e. The number of rotatable bonds is 24. The molecule has 4 aliphatic rings. The van der Waals surface area contributed by atoms with E-state index >= 15 is 0 Å². The summed E-state index contributed by atoms with van der Waals surface area (Å²) in [6.07, 6.45) is 3.23. The Kier molecular flexibility index (Phi) is 18.8. The number of nitrogens with zero attached hydrogens (tertiary/aromatic N) is 4. The SMILES string of the molecule is CN1CCN(C(=O)Oc2cc3c(c4ccccc24)[C@H](CCl)CN3C(=O)c2cc3cc(NC(=O)c4ccc(NC(=O)[C@H](CCCNC(N)=O)NC(=O)C5(NCCNC(=O)CCCN6C(=O)C=CC6=O)C[C@H]5CCNC(N)=O)cc4)ccc3[nH]2)CC1. The first-order valence-electron chi connectivity index (χ1n) is 27.8. The van der Waals surface area contributed by atoms with Gasteiger partial charge in [-0.25, -0.2) is 14.4 Å². The van der Waals surface area contributed by atoms with Crippen molar-refractivity contribution >= 4 is 110 Å². The lowest BCUT2D eigenvalue weighted by molar-refractivity contribution is -0.137. The van der Waals surface area contributed by atoms with Crippen LogP contribution in [0.2, 0.25) is 0 Å². The number of alkyl halides is 1. The first-order valence-corrected chi connectivity index (χ1v) is 28.3. The van der Waals surface area contributed by atoms with Crippen LogP contribution in [0.5, 0.6) is 5.75 Å². The van der Waals surface area contributed by atoms with Crippen LogP contribution in [0.15, 0.2) is 91.0 Å². The lowest BCUT2D eigenvalue weighted by Gasteiger charge is -2.31. The molecule has 0 spiro atoms. The Hall–Kier alpha value is -9.07. The van der Waals surface area contributed by atoms with Gasteiger partial charge in [-0.2, -0.15) is 0 Å². The zero-order valence-electron chi connectivity index (χ0n) is 46.2. The van der Waals surface area contributed by atoms with Gasteiger partial charge in [0.15, 0.2) is 0 Å². The second-order valence-electron chi connectivity index (χ2n) is 21.2. The Morgan fingerprint density at radius 2 is 1.49 bits per heavy atom. The molecule has 1 aliphatic carbocycles. The number of anilines is 3. The first-order chi connectivity index (χ1) is 40.4. The largest absolute Gasteiger partial charge is 0.415 e. The Balaban J connectivity index is 0.822. The van der Waals surface area contributed by atoms with Crippen LogP contribution in [0.3, 0.4) is 0 Å². The summed E-state index contributed by atoms with van der Waals surface area (Å²) in [6.45, 7) is 3.48. The zero-order chi connectivity index (χ0) is 59.7. The molecule has 25 nitrogen and oxygen atoms in total. The van der Waals surface area contributed by atoms with E-state index in [2.05, 4.69) is 47.1 Å². The molecule has 1 aromatic heterocycles. The molecule has 3 aliphatic heterocycles. The normalized spacial score (nSPS) is 18.5. The van der Waals surface area contributed by atoms with Gasteiger partial charge in [-0.1, -0.05) is 24.3 Å². The lowest BCUT2D eigenvalue weighted by atomic mass is 9.95. The van der Waals surface area contributed by atoms with Gasteiger partial charge in [-0.05, 0) is 105 Å². The number of benzene rings is 4. The van der Waals surface area contributed by atoms with Crippen LogP contribution in [-0.2, 0) is 24.0 Å². The third-order valence-corrected chi connectivity index (χ3v) is 15.9. The highest BCUT2D eigenvalue weighted by Crippen LogP contribution is 2.47. The maximum Gasteiger partial charge on any atom is 0.415 e. The van der Waals surface area contributed by atoms with Gasteiger partial charge >= 0.3 is 18.2 Å². The van der Waals surface area contributed by atoms with Gasteiger partial charge in [0.25, 0.3) is 23.6 Å². The minimum atomic E-state index is -1.18. The fourth-order valence-electron chi connectivity index (χ4n) is 10.9. The average Bonchev–Trinajstić information content (AvgIpc) is 1.81. The number of carbonyl (C=O) groups excluding carboxylic acids is 10. The summed E-state index contributed by atoms with van der Waals surface area (Å²) >= 11 is 6.57. The summed E-state index contributed by atoms with van der Waals surface area (Å²) < 4.78 is 6.06. The van der Waals surface area contributed by atoms with Crippen molar-refractivity contribution in [2.45, 2.75) is 56.0 Å². The molecule has 26 heteroatoms. The molecule has 12 N–H and O–H groups in total. The molecular weight excluding hydrogens is 1100 g/mol. The van der Waals surface area contributed by atoms with E-state index in [1.54, 1.807) is 40.1 Å². The Morgan fingerprint density at radius 3 is 2.20 bits per heavy atom. The number of fused-ring (bicyclic) bond motifs is 4. The summed E-state index contributed by atoms with van der Waals surface area (Å²) in [5.41, 5.74) is 12.8. The predicted octanol–water partition coefficient (Wildman–Crippen LogP) is 3.40. The highest BCUT2D eigenvalue weighted by atomic mass is 35.5. The van der Waals surface area contributed by atoms with Crippen LogP contribution < -0.4 is 58.3 Å². The Labute approximate surface area is 487 Å². The highest BCUT2D eigenvalue weighted by Gasteiger charge is 2.59. The van der Waals surface area contributed by atoms with E-state index in [1.165, 1.54) is 36.4 Å². The van der Waals surface area contributed by atoms with Crippen molar-refractivity contribution in [2.75, 3.05) is 93.9 Å². The number of imide groups is 1. The molecule has 1 unspecified atom stereocenters. The van der Waals surface area contributed by atoms with Gasteiger partial charge in [0.05, 0.1) is 5.69 Å². The minimum absolute atomic E-state index is 0.0503. The van der Waals surface area contributed by atoms with Crippen molar-refractivity contribution in [3.05, 3.63) is 108 Å². The van der Waals surface area contributed by atoms with Crippen LogP contribution in [0, 0.1) is 5.92 Å². The van der Waals surface area contributed by atoms with Crippen LogP contribution in [-0.4, -0.2) is 169 Å². The van der Waals surface area contributed by atoms with Gasteiger partial charge in [0.1, 0.15) is 23.0 Å². The number of aromatic nitrogens is 1. The van der Waals surface area contributed by atoms with E-state index in [-0.39, 0.29) is 93.5 Å². The zero-order valence-corrected chi connectivity index (χ0v) is 47.0. The smallest absolute Gasteiger partial charge is 0.409 e. The third-order valence-electron chi connectivity index (χ3n) is 15.5. The number of carbonyl (C=O) groups is 10. The van der Waals surface area contributed by atoms with Crippen LogP contribution >= 0.6 is 11.6 Å². The molecule has 4 atom stereocenters. The number of urea groups is 2. The van der Waals surface area contributed by atoms with E-state index in [9.17, 15) is 47.9 Å². The van der Waals surface area contributed by atoms with Crippen LogP contribution in [0.4, 0.5) is 31.4 Å². The molecule has 2 fully saturated rings. The van der Waals surface area contributed by atoms with Gasteiger partial charge in [0, 0.05) is 135 Å². The molecule has 1 saturated heterocycles. The summed E-state index contributed by atoms with van der Waals surface area (Å²) in [5, 5.41) is 21.8. The van der Waals surface area contributed by atoms with Crippen molar-refractivity contribution in [3.8, 4) is 5.75 Å². The third kappa shape index (κ3) is 14.0. The summed E-state index contributed by atoms with van der Waals surface area (Å²) in [6, 6.07) is 19.8. The molecule has 4 heterocycles. The summed E-state index contributed by atoms with van der Waals surface area (Å²) in [7, 11) is 2.00. The van der Waals surface area contributed by atoms with Gasteiger partial charge in [-0.3, -0.25) is 38.5 Å². The molecule has 5 aromatic rings. The van der Waals surface area contributed by atoms with Crippen LogP contribution in [0.1, 0.15) is 70.9 Å². The standard InChI is InChI=1S/C58H67ClN14O11/c1-70-24-26-71(27-25-70)57(83)84-46-30-45-50(41-7-3-2-6-40(41)46)36(32-59)33-73(45)53(79)44-29-35-28-39(14-15-42(35)68-44)67-51(77)34-10-12-38(13-11-34)66-52(78)43(8-4-19-63-55(60)81)69-54(80)58(31-37(58)18-20-64-56(61)82)65-22-21-62-47(74)9-5-23-72-48(75)16-17-49(72)76/h2-3,6-7,10-17,28-30,36-37,43,65,68H,4-5,8-9,18-27,31-33H2,1H3,(H,62,74)(H,66,78)(H,67,77)(H,69,80)(H3,60,63,81)(H3,61,64,82)/t36-,37-,43+,58?/m1/s1. The van der Waals surface area contributed by atoms with E-state index in [4.69, 9.17) is 27.8 Å². The van der Waals surface area contributed by atoms with E-state index in [0.29, 0.717) is 71.9 Å². The number of primary amides is 2. The van der Waals surface area contributed by atoms with Crippen molar-refractivity contribution in [1.82, 2.24) is 46.3 Å². The number of aromatic amines is 1. The monoisotopic (exact) mass is 1170 g/mol. The van der Waals surface area contributed by atoms with Gasteiger partial charge in [0.2, 0.25) is 17.7 Å². The molecule has 84 heavy (non-hydrogen) atoms. The number of nitrogens with one attached hydrogen (secondary N) is 8. The topological polar surface area (TPSA) is 345 Å². The summed E-state index contributed by atoms with van der Waals surface area (Å²) in [5.74, 6) is -2.96. The molecule has 9 rings (SSSR count). The molecular formula is C58H67ClN14O11. The number of H-pyrrole nitrogens is 1. The molecule has 12 amide bonds.